The number of sulfonamides is 1. The molecule has 1 N–H and O–H groups in total. The summed E-state index contributed by atoms with van der Waals surface area (Å²) in [4.78, 5) is 15.6. The first-order chi connectivity index (χ1) is 13.9. The summed E-state index contributed by atoms with van der Waals surface area (Å²) >= 11 is 1.56. The van der Waals surface area contributed by atoms with Gasteiger partial charge in [0.25, 0.3) is 0 Å². The maximum Gasteiger partial charge on any atom is 0.240 e. The highest BCUT2D eigenvalue weighted by molar-refractivity contribution is 7.98. The van der Waals surface area contributed by atoms with Crippen molar-refractivity contribution in [3.63, 3.8) is 0 Å². The molecular formula is C21H26N2O4S2. The minimum absolute atomic E-state index is 0.0406. The predicted octanol–water partition coefficient (Wildman–Crippen LogP) is 3.28. The summed E-state index contributed by atoms with van der Waals surface area (Å²) in [5.74, 6) is 0.793. The second-order valence-corrected chi connectivity index (χ2v) is 9.58. The van der Waals surface area contributed by atoms with E-state index >= 15 is 0 Å². The fourth-order valence-corrected chi connectivity index (χ4v) is 5.07. The topological polar surface area (TPSA) is 75.7 Å². The molecule has 1 aliphatic heterocycles. The second kappa shape index (κ2) is 9.65. The Labute approximate surface area is 176 Å². The molecule has 1 unspecified atom stereocenters. The molecule has 1 atom stereocenters. The zero-order chi connectivity index (χ0) is 20.9. The molecule has 0 bridgehead atoms. The van der Waals surface area contributed by atoms with Crippen molar-refractivity contribution in [3.05, 3.63) is 54.1 Å². The van der Waals surface area contributed by atoms with Gasteiger partial charge in [-0.2, -0.15) is 0 Å². The molecule has 3 rings (SSSR count). The van der Waals surface area contributed by atoms with Crippen molar-refractivity contribution in [1.82, 2.24) is 9.62 Å². The number of hydrogen-bond donors (Lipinski definition) is 1. The van der Waals surface area contributed by atoms with E-state index in [-0.39, 0.29) is 16.8 Å². The van der Waals surface area contributed by atoms with Crippen molar-refractivity contribution in [2.75, 3.05) is 19.9 Å². The van der Waals surface area contributed by atoms with Gasteiger partial charge in [0.15, 0.2) is 0 Å². The van der Waals surface area contributed by atoms with Gasteiger partial charge in [0.2, 0.25) is 15.9 Å². The summed E-state index contributed by atoms with van der Waals surface area (Å²) in [6, 6.07) is 14.2. The van der Waals surface area contributed by atoms with E-state index in [1.165, 1.54) is 0 Å². The van der Waals surface area contributed by atoms with Gasteiger partial charge in [-0.1, -0.05) is 12.1 Å². The number of benzene rings is 2. The molecule has 0 radical (unpaired) electrons. The molecular weight excluding hydrogens is 408 g/mol. The monoisotopic (exact) mass is 434 g/mol. The first kappa shape index (κ1) is 21.7. The van der Waals surface area contributed by atoms with Gasteiger partial charge in [-0.3, -0.25) is 4.79 Å². The third kappa shape index (κ3) is 5.74. The summed E-state index contributed by atoms with van der Waals surface area (Å²) in [6.07, 6.45) is 3.34. The van der Waals surface area contributed by atoms with Crippen LogP contribution in [0.5, 0.6) is 5.75 Å². The van der Waals surface area contributed by atoms with Crippen molar-refractivity contribution < 1.29 is 17.9 Å². The molecule has 1 saturated heterocycles. The minimum atomic E-state index is -3.61. The van der Waals surface area contributed by atoms with E-state index in [9.17, 15) is 13.2 Å². The number of likely N-dealkylation sites (tertiary alicyclic amines) is 1. The normalized spacial score (nSPS) is 17.8. The maximum absolute atomic E-state index is 12.7. The molecule has 8 heteroatoms. The van der Waals surface area contributed by atoms with Gasteiger partial charge in [-0.25, -0.2) is 13.1 Å². The lowest BCUT2D eigenvalue weighted by Crippen LogP contribution is -2.35. The third-order valence-corrected chi connectivity index (χ3v) is 7.29. The van der Waals surface area contributed by atoms with Gasteiger partial charge in [0.05, 0.1) is 12.0 Å². The summed E-state index contributed by atoms with van der Waals surface area (Å²) in [6.45, 7) is 1.00. The van der Waals surface area contributed by atoms with Crippen molar-refractivity contribution in [2.24, 2.45) is 0 Å². The SMILES string of the molecule is COc1cccc(CN2CCC(NS(=O)(=O)c3ccc(SC)cc3)CCC2=O)c1. The minimum Gasteiger partial charge on any atom is -0.497 e. The number of ether oxygens (including phenoxy) is 1. The maximum atomic E-state index is 12.7. The average Bonchev–Trinajstić information content (AvgIpc) is 2.90. The molecule has 0 saturated carbocycles. The zero-order valence-corrected chi connectivity index (χ0v) is 18.3. The number of nitrogens with zero attached hydrogens (tertiary/aromatic N) is 1. The molecule has 1 aliphatic rings. The molecule has 0 aromatic heterocycles. The van der Waals surface area contributed by atoms with E-state index in [2.05, 4.69) is 4.72 Å². The standard InChI is InChI=1S/C21H26N2O4S2/c1-27-18-5-3-4-16(14-18)15-23-13-12-17(6-11-21(23)24)22-29(25,26)20-9-7-19(28-2)8-10-20/h3-5,7-10,14,17,22H,6,11-13,15H2,1-2H3. The summed E-state index contributed by atoms with van der Waals surface area (Å²) in [7, 11) is -2.00. The van der Waals surface area contributed by atoms with Gasteiger partial charge < -0.3 is 9.64 Å². The van der Waals surface area contributed by atoms with Crippen LogP contribution >= 0.6 is 11.8 Å². The van der Waals surface area contributed by atoms with E-state index in [1.807, 2.05) is 30.5 Å². The van der Waals surface area contributed by atoms with Crippen molar-refractivity contribution in [2.45, 2.75) is 41.6 Å². The van der Waals surface area contributed by atoms with Gasteiger partial charge >= 0.3 is 0 Å². The summed E-state index contributed by atoms with van der Waals surface area (Å²) in [5.41, 5.74) is 0.991. The number of nitrogens with one attached hydrogen (secondary N) is 1. The number of carbonyl (C=O) groups excluding carboxylic acids is 1. The fourth-order valence-electron chi connectivity index (χ4n) is 3.36. The van der Waals surface area contributed by atoms with Gasteiger partial charge in [0.1, 0.15) is 5.75 Å². The quantitative estimate of drug-likeness (QED) is 0.677. The number of methoxy groups -OCH3 is 1. The van der Waals surface area contributed by atoms with E-state index in [1.54, 1.807) is 48.0 Å². The van der Waals surface area contributed by atoms with Crippen LogP contribution in [0.1, 0.15) is 24.8 Å². The fraction of sp³-hybridized carbons (Fsp3) is 0.381. The van der Waals surface area contributed by atoms with Crippen LogP contribution in [0.25, 0.3) is 0 Å². The first-order valence-electron chi connectivity index (χ1n) is 9.48. The van der Waals surface area contributed by atoms with Crippen molar-refractivity contribution in [1.29, 1.82) is 0 Å². The zero-order valence-electron chi connectivity index (χ0n) is 16.6. The lowest BCUT2D eigenvalue weighted by atomic mass is 10.1. The Balaban J connectivity index is 1.64. The highest BCUT2D eigenvalue weighted by Gasteiger charge is 2.26. The number of hydrogen-bond acceptors (Lipinski definition) is 5. The number of carbonyl (C=O) groups is 1. The molecule has 1 heterocycles. The Bertz CT molecular complexity index is 945. The molecule has 29 heavy (non-hydrogen) atoms. The summed E-state index contributed by atoms with van der Waals surface area (Å²) in [5, 5.41) is 0. The highest BCUT2D eigenvalue weighted by atomic mass is 32.2. The van der Waals surface area contributed by atoms with E-state index in [0.29, 0.717) is 32.4 Å². The molecule has 2 aromatic rings. The molecule has 0 spiro atoms. The van der Waals surface area contributed by atoms with Crippen molar-refractivity contribution in [3.8, 4) is 5.75 Å². The van der Waals surface area contributed by atoms with Crippen LogP contribution in [0.2, 0.25) is 0 Å². The Kier molecular flexibility index (Phi) is 7.21. The molecule has 1 fully saturated rings. The Hall–Kier alpha value is -2.03. The Morgan fingerprint density at radius 1 is 1.17 bits per heavy atom. The summed E-state index contributed by atoms with van der Waals surface area (Å²) < 4.78 is 33.4. The lowest BCUT2D eigenvalue weighted by Gasteiger charge is -2.21. The highest BCUT2D eigenvalue weighted by Crippen LogP contribution is 2.21. The van der Waals surface area contributed by atoms with Gasteiger partial charge in [-0.05, 0) is 61.1 Å². The first-order valence-corrected chi connectivity index (χ1v) is 12.2. The number of thioether (sulfide) groups is 1. The largest absolute Gasteiger partial charge is 0.497 e. The van der Waals surface area contributed by atoms with Crippen LogP contribution in [0.4, 0.5) is 0 Å². The van der Waals surface area contributed by atoms with Crippen LogP contribution in [0.15, 0.2) is 58.3 Å². The molecule has 1 amide bonds. The molecule has 156 valence electrons. The van der Waals surface area contributed by atoms with Gasteiger partial charge in [0, 0.05) is 30.4 Å². The van der Waals surface area contributed by atoms with Crippen LogP contribution in [-0.4, -0.2) is 45.2 Å². The van der Waals surface area contributed by atoms with Gasteiger partial charge in [-0.15, -0.1) is 11.8 Å². The third-order valence-electron chi connectivity index (χ3n) is 5.01. The number of rotatable bonds is 7. The molecule has 2 aromatic carbocycles. The second-order valence-electron chi connectivity index (χ2n) is 6.99. The Morgan fingerprint density at radius 3 is 2.62 bits per heavy atom. The van der Waals surface area contributed by atoms with E-state index < -0.39 is 10.0 Å². The molecule has 6 nitrogen and oxygen atoms in total. The predicted molar refractivity (Wildman–Crippen MR) is 115 cm³/mol. The Morgan fingerprint density at radius 2 is 1.93 bits per heavy atom. The smallest absolute Gasteiger partial charge is 0.240 e. The van der Waals surface area contributed by atoms with E-state index in [0.717, 1.165) is 16.2 Å². The van der Waals surface area contributed by atoms with Crippen LogP contribution in [0, 0.1) is 0 Å². The van der Waals surface area contributed by atoms with Crippen LogP contribution in [-0.2, 0) is 21.4 Å². The van der Waals surface area contributed by atoms with Crippen LogP contribution < -0.4 is 9.46 Å². The van der Waals surface area contributed by atoms with Crippen LogP contribution in [0.3, 0.4) is 0 Å². The average molecular weight is 435 g/mol. The number of amides is 1. The lowest BCUT2D eigenvalue weighted by molar-refractivity contribution is -0.131. The van der Waals surface area contributed by atoms with E-state index in [4.69, 9.17) is 4.74 Å². The van der Waals surface area contributed by atoms with Crippen molar-refractivity contribution >= 4 is 27.7 Å². The molecule has 0 aliphatic carbocycles.